The largest absolute Gasteiger partial charge is 0.416 e. The summed E-state index contributed by atoms with van der Waals surface area (Å²) in [5, 5.41) is 3.63. The smallest absolute Gasteiger partial charge is 0.363 e. The maximum Gasteiger partial charge on any atom is 0.416 e. The van der Waals surface area contributed by atoms with Crippen LogP contribution in [0.25, 0.3) is 0 Å². The third-order valence-corrected chi connectivity index (χ3v) is 6.11. The minimum Gasteiger partial charge on any atom is -0.363 e. The van der Waals surface area contributed by atoms with Gasteiger partial charge in [0.25, 0.3) is 0 Å². The number of halogens is 3. The summed E-state index contributed by atoms with van der Waals surface area (Å²) in [6, 6.07) is 5.34. The van der Waals surface area contributed by atoms with Crippen molar-refractivity contribution in [3.63, 3.8) is 0 Å². The number of carbonyl (C=O) groups is 1. The highest BCUT2D eigenvalue weighted by molar-refractivity contribution is 7.80. The van der Waals surface area contributed by atoms with Crippen molar-refractivity contribution in [3.05, 3.63) is 35.4 Å². The van der Waals surface area contributed by atoms with Gasteiger partial charge in [-0.3, -0.25) is 4.79 Å². The average Bonchev–Trinajstić information content (AvgIpc) is 3.13. The summed E-state index contributed by atoms with van der Waals surface area (Å²) < 4.78 is 39.7. The fourth-order valence-electron chi connectivity index (χ4n) is 4.03. The van der Waals surface area contributed by atoms with E-state index in [1.54, 1.807) is 6.07 Å². The first-order valence-corrected chi connectivity index (χ1v) is 10.3. The highest BCUT2D eigenvalue weighted by Gasteiger charge is 2.42. The molecule has 0 spiro atoms. The summed E-state index contributed by atoms with van der Waals surface area (Å²) in [4.78, 5) is 19.2. The summed E-state index contributed by atoms with van der Waals surface area (Å²) in [5.41, 5.74) is -0.150. The summed E-state index contributed by atoms with van der Waals surface area (Å²) in [6.45, 7) is 6.30. The molecule has 0 aromatic heterocycles. The monoisotopic (exact) mass is 428 g/mol. The van der Waals surface area contributed by atoms with Gasteiger partial charge in [0.1, 0.15) is 0 Å². The maximum absolute atomic E-state index is 13.3. The first-order chi connectivity index (χ1) is 13.7. The number of piperazine rings is 1. The summed E-state index contributed by atoms with van der Waals surface area (Å²) in [6.07, 6.45) is -4.41. The van der Waals surface area contributed by atoms with E-state index in [0.29, 0.717) is 43.4 Å². The zero-order valence-corrected chi connectivity index (χ0v) is 17.5. The zero-order valence-electron chi connectivity index (χ0n) is 16.7. The second kappa shape index (κ2) is 8.87. The summed E-state index contributed by atoms with van der Waals surface area (Å²) >= 11 is 5.42. The summed E-state index contributed by atoms with van der Waals surface area (Å²) in [7, 11) is 2.01. The number of hydrogen-bond donors (Lipinski definition) is 1. The Kier molecular flexibility index (Phi) is 6.68. The molecule has 0 unspecified atom stereocenters. The third-order valence-electron chi connectivity index (χ3n) is 5.71. The Morgan fingerprint density at radius 3 is 2.48 bits per heavy atom. The molecule has 1 aromatic carbocycles. The first kappa shape index (κ1) is 21.8. The molecule has 2 atom stereocenters. The molecule has 2 fully saturated rings. The number of nitrogens with one attached hydrogen (secondary N) is 1. The van der Waals surface area contributed by atoms with E-state index in [1.165, 1.54) is 12.1 Å². The van der Waals surface area contributed by atoms with Crippen molar-refractivity contribution in [2.45, 2.75) is 19.0 Å². The molecule has 2 aliphatic heterocycles. The van der Waals surface area contributed by atoms with E-state index in [9.17, 15) is 18.0 Å². The Hall–Kier alpha value is -1.87. The Bertz CT molecular complexity index is 749. The van der Waals surface area contributed by atoms with E-state index >= 15 is 0 Å². The van der Waals surface area contributed by atoms with Crippen molar-refractivity contribution in [2.24, 2.45) is 5.92 Å². The molecular weight excluding hydrogens is 401 g/mol. The highest BCUT2D eigenvalue weighted by Crippen LogP contribution is 2.37. The van der Waals surface area contributed by atoms with Gasteiger partial charge in [-0.1, -0.05) is 18.2 Å². The zero-order chi connectivity index (χ0) is 21.2. The van der Waals surface area contributed by atoms with Crippen LogP contribution in [0.3, 0.4) is 0 Å². The van der Waals surface area contributed by atoms with Crippen LogP contribution in [-0.4, -0.2) is 78.6 Å². The van der Waals surface area contributed by atoms with E-state index in [2.05, 4.69) is 10.2 Å². The number of carbonyl (C=O) groups excluding carboxylic acids is 1. The number of likely N-dealkylation sites (tertiary alicyclic amines) is 1. The quantitative estimate of drug-likeness (QED) is 0.749. The molecule has 0 saturated carbocycles. The van der Waals surface area contributed by atoms with Crippen LogP contribution in [0.1, 0.15) is 24.0 Å². The predicted molar refractivity (Wildman–Crippen MR) is 110 cm³/mol. The number of likely N-dealkylation sites (N-methyl/N-ethyl adjacent to an activating group) is 1. The molecule has 0 aliphatic carbocycles. The molecule has 9 heteroatoms. The van der Waals surface area contributed by atoms with Crippen molar-refractivity contribution in [1.82, 2.24) is 20.0 Å². The van der Waals surface area contributed by atoms with Crippen molar-refractivity contribution >= 4 is 23.2 Å². The third kappa shape index (κ3) is 5.01. The number of amides is 1. The molecule has 2 aliphatic rings. The van der Waals surface area contributed by atoms with Crippen LogP contribution in [0, 0.1) is 5.92 Å². The van der Waals surface area contributed by atoms with E-state index in [1.807, 2.05) is 23.8 Å². The van der Waals surface area contributed by atoms with Crippen molar-refractivity contribution in [3.8, 4) is 0 Å². The van der Waals surface area contributed by atoms with Gasteiger partial charge in [0.2, 0.25) is 5.91 Å². The molecule has 2 heterocycles. The Balaban J connectivity index is 1.87. The molecular formula is C20H27F3N4OS. The van der Waals surface area contributed by atoms with Gasteiger partial charge in [-0.25, -0.2) is 0 Å². The number of nitrogens with zero attached hydrogens (tertiary/aromatic N) is 3. The lowest BCUT2D eigenvalue weighted by Gasteiger charge is -2.35. The van der Waals surface area contributed by atoms with Gasteiger partial charge in [-0.05, 0) is 37.8 Å². The lowest BCUT2D eigenvalue weighted by atomic mass is 9.87. The van der Waals surface area contributed by atoms with Crippen LogP contribution in [0.5, 0.6) is 0 Å². The maximum atomic E-state index is 13.3. The molecule has 29 heavy (non-hydrogen) atoms. The second-order valence-electron chi connectivity index (χ2n) is 7.71. The number of alkyl halides is 3. The van der Waals surface area contributed by atoms with Crippen LogP contribution >= 0.6 is 12.2 Å². The Labute approximate surface area is 174 Å². The van der Waals surface area contributed by atoms with Crippen LogP contribution in [0.2, 0.25) is 0 Å². The molecule has 2 saturated heterocycles. The highest BCUT2D eigenvalue weighted by atomic mass is 32.1. The Morgan fingerprint density at radius 2 is 1.86 bits per heavy atom. The molecule has 5 nitrogen and oxygen atoms in total. The molecule has 1 N–H and O–H groups in total. The van der Waals surface area contributed by atoms with E-state index in [0.717, 1.165) is 19.2 Å². The minimum atomic E-state index is -4.41. The van der Waals surface area contributed by atoms with Crippen molar-refractivity contribution in [1.29, 1.82) is 0 Å². The van der Waals surface area contributed by atoms with Crippen molar-refractivity contribution in [2.75, 3.05) is 52.9 Å². The predicted octanol–water partition coefficient (Wildman–Crippen LogP) is 2.39. The number of hydrogen-bond acceptors (Lipinski definition) is 3. The Morgan fingerprint density at radius 1 is 1.17 bits per heavy atom. The molecule has 0 radical (unpaired) electrons. The number of thiocarbonyl (C=S) groups is 1. The standard InChI is InChI=1S/C20H27F3N4OS/c1-3-24-19(29)27-12-16(14-5-4-6-15(11-14)20(21,22)23)17(13-27)18(28)26-9-7-25(2)8-10-26/h4-6,11,16-17H,3,7-10,12-13H2,1-2H3,(H,24,29)/t16-,17+/m1/s1. The second-order valence-corrected chi connectivity index (χ2v) is 8.09. The van der Waals surface area contributed by atoms with Crippen LogP contribution < -0.4 is 5.32 Å². The van der Waals surface area contributed by atoms with Crippen LogP contribution in [-0.2, 0) is 11.0 Å². The fraction of sp³-hybridized carbons (Fsp3) is 0.600. The molecule has 1 amide bonds. The lowest BCUT2D eigenvalue weighted by Crippen LogP contribution is -2.50. The van der Waals surface area contributed by atoms with Gasteiger partial charge in [-0.15, -0.1) is 0 Å². The molecule has 1 aromatic rings. The SMILES string of the molecule is CCNC(=S)N1C[C@H](C(=O)N2CCN(C)CC2)[C@@H](c2cccc(C(F)(F)F)c2)C1. The lowest BCUT2D eigenvalue weighted by molar-refractivity contribution is -0.137. The van der Waals surface area contributed by atoms with Gasteiger partial charge in [0.15, 0.2) is 5.11 Å². The van der Waals surface area contributed by atoms with Crippen LogP contribution in [0.15, 0.2) is 24.3 Å². The van der Waals surface area contributed by atoms with Crippen molar-refractivity contribution < 1.29 is 18.0 Å². The molecule has 3 rings (SSSR count). The first-order valence-electron chi connectivity index (χ1n) is 9.88. The van der Waals surface area contributed by atoms with Gasteiger partial charge >= 0.3 is 6.18 Å². The van der Waals surface area contributed by atoms with Gasteiger partial charge in [0.05, 0.1) is 11.5 Å². The van der Waals surface area contributed by atoms with E-state index < -0.39 is 17.7 Å². The number of rotatable bonds is 3. The van der Waals surface area contributed by atoms with E-state index in [-0.39, 0.29) is 11.8 Å². The van der Waals surface area contributed by atoms with Gasteiger partial charge in [0, 0.05) is 51.7 Å². The van der Waals surface area contributed by atoms with Gasteiger partial charge < -0.3 is 20.0 Å². The summed E-state index contributed by atoms with van der Waals surface area (Å²) in [5.74, 6) is -0.748. The topological polar surface area (TPSA) is 38.8 Å². The fourth-order valence-corrected chi connectivity index (χ4v) is 4.32. The molecule has 160 valence electrons. The minimum absolute atomic E-state index is 0.00214. The normalized spacial score (nSPS) is 23.3. The van der Waals surface area contributed by atoms with Gasteiger partial charge in [-0.2, -0.15) is 13.2 Å². The number of benzene rings is 1. The average molecular weight is 429 g/mol. The van der Waals surface area contributed by atoms with E-state index in [4.69, 9.17) is 12.2 Å². The molecule has 0 bridgehead atoms. The van der Waals surface area contributed by atoms with Crippen LogP contribution in [0.4, 0.5) is 13.2 Å².